The lowest BCUT2D eigenvalue weighted by molar-refractivity contribution is -0.192. The third-order valence-corrected chi connectivity index (χ3v) is 1.27. The van der Waals surface area contributed by atoms with Gasteiger partial charge in [-0.05, 0) is 0 Å². The number of hydrogen-bond acceptors (Lipinski definition) is 4. The Morgan fingerprint density at radius 2 is 1.47 bits per heavy atom. The van der Waals surface area contributed by atoms with Gasteiger partial charge in [0.15, 0.2) is 0 Å². The largest absolute Gasteiger partial charge is 0.490 e. The molecule has 114 valence electrons. The molecule has 0 aromatic carbocycles. The molecule has 19 heavy (non-hydrogen) atoms. The van der Waals surface area contributed by atoms with Crippen molar-refractivity contribution in [1.29, 1.82) is 0 Å². The van der Waals surface area contributed by atoms with E-state index in [2.05, 4.69) is 0 Å². The Balaban J connectivity index is 0. The second-order valence-electron chi connectivity index (χ2n) is 2.90. The number of nitrogens with one attached hydrogen (secondary N) is 1. The number of alkyl halides is 6. The van der Waals surface area contributed by atoms with Gasteiger partial charge in [0.2, 0.25) is 0 Å². The van der Waals surface area contributed by atoms with Gasteiger partial charge in [0, 0.05) is 13.1 Å². The first-order valence-electron chi connectivity index (χ1n) is 4.35. The molecule has 0 aromatic heterocycles. The first-order valence-corrected chi connectivity index (χ1v) is 4.35. The average molecular weight is 300 g/mol. The SMILES string of the molecule is NCC(O)CNC(=O)C(F)(F)F.O=C(O)C(F)(F)F. The highest BCUT2D eigenvalue weighted by molar-refractivity contribution is 5.81. The van der Waals surface area contributed by atoms with Gasteiger partial charge in [0.05, 0.1) is 6.10 Å². The molecule has 6 nitrogen and oxygen atoms in total. The number of amides is 1. The van der Waals surface area contributed by atoms with E-state index in [1.54, 1.807) is 0 Å². The number of nitrogens with two attached hydrogens (primary N) is 1. The number of carbonyl (C=O) groups excluding carboxylic acids is 1. The number of hydrogen-bond donors (Lipinski definition) is 4. The Bertz CT molecular complexity index is 303. The minimum Gasteiger partial charge on any atom is -0.475 e. The lowest BCUT2D eigenvalue weighted by atomic mass is 10.3. The topological polar surface area (TPSA) is 113 Å². The minimum absolute atomic E-state index is 0.196. The molecule has 1 amide bonds. The molecule has 0 spiro atoms. The molecule has 0 aliphatic heterocycles. The second-order valence-corrected chi connectivity index (χ2v) is 2.90. The van der Waals surface area contributed by atoms with Crippen molar-refractivity contribution in [1.82, 2.24) is 5.32 Å². The fourth-order valence-electron chi connectivity index (χ4n) is 0.394. The maximum atomic E-state index is 11.5. The molecular formula is C7H10F6N2O4. The van der Waals surface area contributed by atoms with Gasteiger partial charge in [-0.3, -0.25) is 4.79 Å². The van der Waals surface area contributed by atoms with E-state index >= 15 is 0 Å². The Morgan fingerprint density at radius 3 is 1.68 bits per heavy atom. The van der Waals surface area contributed by atoms with Crippen LogP contribution in [0.3, 0.4) is 0 Å². The monoisotopic (exact) mass is 300 g/mol. The molecule has 5 N–H and O–H groups in total. The highest BCUT2D eigenvalue weighted by atomic mass is 19.4. The maximum absolute atomic E-state index is 11.5. The first kappa shape index (κ1) is 19.8. The molecule has 0 rings (SSSR count). The van der Waals surface area contributed by atoms with Gasteiger partial charge < -0.3 is 21.3 Å². The Kier molecular flexibility index (Phi) is 8.10. The summed E-state index contributed by atoms with van der Waals surface area (Å²) < 4.78 is 66.2. The van der Waals surface area contributed by atoms with E-state index in [4.69, 9.17) is 20.7 Å². The number of carboxylic acids is 1. The zero-order chi connectivity index (χ0) is 15.9. The van der Waals surface area contributed by atoms with Gasteiger partial charge in [-0.25, -0.2) is 4.79 Å². The predicted octanol–water partition coefficient (Wildman–Crippen LogP) is -0.382. The molecule has 0 fully saturated rings. The summed E-state index contributed by atoms with van der Waals surface area (Å²) in [5.41, 5.74) is 4.88. The van der Waals surface area contributed by atoms with Gasteiger partial charge in [-0.15, -0.1) is 0 Å². The number of carboxylic acid groups (broad SMARTS) is 1. The summed E-state index contributed by atoms with van der Waals surface area (Å²) in [4.78, 5) is 19.0. The van der Waals surface area contributed by atoms with E-state index in [1.807, 2.05) is 0 Å². The van der Waals surface area contributed by atoms with Gasteiger partial charge >= 0.3 is 24.2 Å². The third kappa shape index (κ3) is 11.3. The van der Waals surface area contributed by atoms with Crippen molar-refractivity contribution in [3.63, 3.8) is 0 Å². The Morgan fingerprint density at radius 1 is 1.11 bits per heavy atom. The van der Waals surface area contributed by atoms with Crippen LogP contribution in [0.5, 0.6) is 0 Å². The summed E-state index contributed by atoms with van der Waals surface area (Å²) in [6.07, 6.45) is -11.1. The van der Waals surface area contributed by atoms with E-state index in [1.165, 1.54) is 5.32 Å². The number of rotatable bonds is 3. The van der Waals surface area contributed by atoms with E-state index < -0.39 is 36.9 Å². The van der Waals surface area contributed by atoms with Crippen molar-refractivity contribution in [3.8, 4) is 0 Å². The predicted molar refractivity (Wildman–Crippen MR) is 47.8 cm³/mol. The van der Waals surface area contributed by atoms with E-state index in [9.17, 15) is 31.1 Å². The fourth-order valence-corrected chi connectivity index (χ4v) is 0.394. The second kappa shape index (κ2) is 7.78. The van der Waals surface area contributed by atoms with Gasteiger partial charge in [-0.2, -0.15) is 26.3 Å². The summed E-state index contributed by atoms with van der Waals surface area (Å²) in [6.45, 7) is -0.688. The molecule has 1 atom stereocenters. The van der Waals surface area contributed by atoms with Crippen molar-refractivity contribution in [3.05, 3.63) is 0 Å². The number of aliphatic hydroxyl groups is 1. The van der Waals surface area contributed by atoms with Crippen molar-refractivity contribution in [2.45, 2.75) is 18.5 Å². The lowest BCUT2D eigenvalue weighted by Crippen LogP contribution is -2.42. The maximum Gasteiger partial charge on any atom is 0.490 e. The van der Waals surface area contributed by atoms with Crippen LogP contribution in [-0.2, 0) is 9.59 Å². The molecule has 0 saturated heterocycles. The van der Waals surface area contributed by atoms with Crippen LogP contribution >= 0.6 is 0 Å². The summed E-state index contributed by atoms with van der Waals surface area (Å²) in [7, 11) is 0. The molecule has 12 heteroatoms. The molecule has 0 aliphatic rings. The highest BCUT2D eigenvalue weighted by Gasteiger charge is 2.38. The van der Waals surface area contributed by atoms with Crippen molar-refractivity contribution >= 4 is 11.9 Å². The summed E-state index contributed by atoms with van der Waals surface area (Å²) >= 11 is 0. The van der Waals surface area contributed by atoms with Crippen LogP contribution in [0.15, 0.2) is 0 Å². The smallest absolute Gasteiger partial charge is 0.475 e. The highest BCUT2D eigenvalue weighted by Crippen LogP contribution is 2.14. The van der Waals surface area contributed by atoms with Crippen molar-refractivity contribution < 1.29 is 46.1 Å². The molecule has 0 radical (unpaired) electrons. The van der Waals surface area contributed by atoms with Crippen LogP contribution in [0.2, 0.25) is 0 Å². The molecular weight excluding hydrogens is 290 g/mol. The van der Waals surface area contributed by atoms with Crippen LogP contribution in [-0.4, -0.2) is 53.6 Å². The van der Waals surface area contributed by atoms with E-state index in [-0.39, 0.29) is 6.54 Å². The van der Waals surface area contributed by atoms with Gasteiger partial charge in [0.25, 0.3) is 0 Å². The normalized spacial score (nSPS) is 13.1. The third-order valence-electron chi connectivity index (χ3n) is 1.27. The van der Waals surface area contributed by atoms with Crippen LogP contribution < -0.4 is 11.1 Å². The molecule has 0 saturated carbocycles. The Labute approximate surface area is 102 Å². The summed E-state index contributed by atoms with van der Waals surface area (Å²) in [5.74, 6) is -4.83. The van der Waals surface area contributed by atoms with E-state index in [0.717, 1.165) is 0 Å². The van der Waals surface area contributed by atoms with Crippen molar-refractivity contribution in [2.75, 3.05) is 13.1 Å². The average Bonchev–Trinajstić information content (AvgIpc) is 2.23. The van der Waals surface area contributed by atoms with Crippen LogP contribution in [0.1, 0.15) is 0 Å². The lowest BCUT2D eigenvalue weighted by Gasteiger charge is -2.10. The molecule has 0 heterocycles. The van der Waals surface area contributed by atoms with Crippen LogP contribution in [0.25, 0.3) is 0 Å². The molecule has 0 aromatic rings. The summed E-state index contributed by atoms with van der Waals surface area (Å²) in [5, 5.41) is 17.3. The first-order chi connectivity index (χ1) is 8.32. The van der Waals surface area contributed by atoms with Crippen LogP contribution in [0, 0.1) is 0 Å². The van der Waals surface area contributed by atoms with Crippen molar-refractivity contribution in [2.24, 2.45) is 5.73 Å². The van der Waals surface area contributed by atoms with Gasteiger partial charge in [-0.1, -0.05) is 0 Å². The van der Waals surface area contributed by atoms with Gasteiger partial charge in [0.1, 0.15) is 0 Å². The number of aliphatic carboxylic acids is 1. The van der Waals surface area contributed by atoms with E-state index in [0.29, 0.717) is 0 Å². The summed E-state index contributed by atoms with van der Waals surface area (Å²) in [6, 6.07) is 0. The zero-order valence-corrected chi connectivity index (χ0v) is 9.05. The minimum atomic E-state index is -5.08. The number of halogens is 6. The number of aliphatic hydroxyl groups excluding tert-OH is 1. The zero-order valence-electron chi connectivity index (χ0n) is 9.05. The molecule has 0 aliphatic carbocycles. The fraction of sp³-hybridized carbons (Fsp3) is 0.714. The number of carbonyl (C=O) groups is 2. The Hall–Kier alpha value is -1.56. The van der Waals surface area contributed by atoms with Crippen LogP contribution in [0.4, 0.5) is 26.3 Å². The standard InChI is InChI=1S/C5H9F3N2O2.C2HF3O2/c6-5(7,8)4(12)10-2-3(11)1-9;3-2(4,5)1(6)7/h3,11H,1-2,9H2,(H,10,12);(H,6,7). The molecule has 1 unspecified atom stereocenters. The quantitative estimate of drug-likeness (QED) is 0.531. The molecule has 0 bridgehead atoms.